The monoisotopic (exact) mass is 315 g/mol. The molecule has 0 bridgehead atoms. The number of hydrogen-bond donors (Lipinski definition) is 3. The highest BCUT2D eigenvalue weighted by Crippen LogP contribution is 2.18. The molecule has 0 fully saturated rings. The van der Waals surface area contributed by atoms with Crippen molar-refractivity contribution in [2.75, 3.05) is 5.32 Å². The van der Waals surface area contributed by atoms with Crippen LogP contribution in [0.5, 0.6) is 0 Å². The number of nitrogens with one attached hydrogen (secondary N) is 1. The summed E-state index contributed by atoms with van der Waals surface area (Å²) < 4.78 is 13.3. The van der Waals surface area contributed by atoms with Gasteiger partial charge in [0.1, 0.15) is 5.82 Å². The van der Waals surface area contributed by atoms with Crippen LogP contribution in [0.3, 0.4) is 0 Å². The first-order valence-electron chi connectivity index (χ1n) is 7.54. The Morgan fingerprint density at radius 3 is 2.74 bits per heavy atom. The van der Waals surface area contributed by atoms with Crippen molar-refractivity contribution in [1.82, 2.24) is 0 Å². The van der Waals surface area contributed by atoms with Gasteiger partial charge < -0.3 is 16.2 Å². The molecule has 0 unspecified atom stereocenters. The predicted molar refractivity (Wildman–Crippen MR) is 91.8 cm³/mol. The minimum absolute atomic E-state index is 0.258. The highest BCUT2D eigenvalue weighted by atomic mass is 19.1. The molecule has 0 aliphatic heterocycles. The van der Waals surface area contributed by atoms with Gasteiger partial charge in [0.25, 0.3) is 0 Å². The SMILES string of the molecule is CC(C)c1cccc(NC(N)=NCc2ccc(F)c(CO)c2)c1. The Kier molecular flexibility index (Phi) is 5.71. The highest BCUT2D eigenvalue weighted by Gasteiger charge is 2.03. The highest BCUT2D eigenvalue weighted by molar-refractivity contribution is 5.92. The second-order valence-electron chi connectivity index (χ2n) is 5.69. The van der Waals surface area contributed by atoms with E-state index < -0.39 is 5.82 Å². The van der Waals surface area contributed by atoms with E-state index in [9.17, 15) is 4.39 Å². The Hall–Kier alpha value is -2.40. The van der Waals surface area contributed by atoms with Gasteiger partial charge in [-0.15, -0.1) is 0 Å². The van der Waals surface area contributed by atoms with E-state index in [2.05, 4.69) is 30.2 Å². The summed E-state index contributed by atoms with van der Waals surface area (Å²) in [4.78, 5) is 4.25. The average molecular weight is 315 g/mol. The molecule has 4 N–H and O–H groups in total. The quantitative estimate of drug-likeness (QED) is 0.585. The van der Waals surface area contributed by atoms with Gasteiger partial charge in [0.2, 0.25) is 0 Å². The normalized spacial score (nSPS) is 11.8. The number of nitrogens with zero attached hydrogens (tertiary/aromatic N) is 1. The van der Waals surface area contributed by atoms with E-state index in [1.54, 1.807) is 12.1 Å². The number of halogens is 1. The molecular formula is C18H22FN3O. The summed E-state index contributed by atoms with van der Waals surface area (Å²) in [6.45, 7) is 4.24. The van der Waals surface area contributed by atoms with Crippen molar-refractivity contribution in [1.29, 1.82) is 0 Å². The number of hydrogen-bond acceptors (Lipinski definition) is 2. The summed E-state index contributed by atoms with van der Waals surface area (Å²) in [5, 5.41) is 12.1. The largest absolute Gasteiger partial charge is 0.392 e. The second-order valence-corrected chi connectivity index (χ2v) is 5.69. The van der Waals surface area contributed by atoms with Gasteiger partial charge >= 0.3 is 0 Å². The summed E-state index contributed by atoms with van der Waals surface area (Å²) in [6, 6.07) is 12.5. The van der Waals surface area contributed by atoms with Gasteiger partial charge in [0.15, 0.2) is 5.96 Å². The fourth-order valence-electron chi connectivity index (χ4n) is 2.19. The third-order valence-corrected chi connectivity index (χ3v) is 3.54. The lowest BCUT2D eigenvalue weighted by Crippen LogP contribution is -2.22. The molecule has 0 radical (unpaired) electrons. The minimum atomic E-state index is -0.420. The van der Waals surface area contributed by atoms with Crippen molar-refractivity contribution in [3.63, 3.8) is 0 Å². The number of guanidine groups is 1. The molecule has 0 atom stereocenters. The van der Waals surface area contributed by atoms with Crippen LogP contribution in [0.1, 0.15) is 36.5 Å². The van der Waals surface area contributed by atoms with Gasteiger partial charge in [-0.1, -0.05) is 32.0 Å². The zero-order chi connectivity index (χ0) is 16.8. The lowest BCUT2D eigenvalue weighted by Gasteiger charge is -2.10. The number of anilines is 1. The van der Waals surface area contributed by atoms with Crippen molar-refractivity contribution in [2.24, 2.45) is 10.7 Å². The first-order chi connectivity index (χ1) is 11.0. The summed E-state index contributed by atoms with van der Waals surface area (Å²) in [5.74, 6) is 0.309. The number of rotatable bonds is 5. The Labute approximate surface area is 135 Å². The van der Waals surface area contributed by atoms with Crippen molar-refractivity contribution >= 4 is 11.6 Å². The average Bonchev–Trinajstić information content (AvgIpc) is 2.54. The maximum absolute atomic E-state index is 13.3. The lowest BCUT2D eigenvalue weighted by molar-refractivity contribution is 0.275. The first kappa shape index (κ1) is 17.0. The van der Waals surface area contributed by atoms with E-state index in [0.717, 1.165) is 11.3 Å². The molecule has 23 heavy (non-hydrogen) atoms. The van der Waals surface area contributed by atoms with Crippen molar-refractivity contribution in [3.8, 4) is 0 Å². The van der Waals surface area contributed by atoms with Gasteiger partial charge in [0, 0.05) is 11.3 Å². The first-order valence-corrected chi connectivity index (χ1v) is 7.54. The van der Waals surface area contributed by atoms with Crippen LogP contribution in [0.2, 0.25) is 0 Å². The van der Waals surface area contributed by atoms with Gasteiger partial charge in [-0.3, -0.25) is 0 Å². The van der Waals surface area contributed by atoms with Gasteiger partial charge in [0.05, 0.1) is 13.2 Å². The number of aliphatic hydroxyl groups excluding tert-OH is 1. The summed E-state index contributed by atoms with van der Waals surface area (Å²) in [7, 11) is 0. The fourth-order valence-corrected chi connectivity index (χ4v) is 2.19. The molecule has 0 spiro atoms. The Morgan fingerprint density at radius 2 is 2.04 bits per heavy atom. The van der Waals surface area contributed by atoms with Crippen LogP contribution in [0.15, 0.2) is 47.5 Å². The van der Waals surface area contributed by atoms with Gasteiger partial charge in [-0.05, 0) is 41.3 Å². The molecule has 0 aromatic heterocycles. The zero-order valence-corrected chi connectivity index (χ0v) is 13.4. The molecule has 5 heteroatoms. The predicted octanol–water partition coefficient (Wildman–Crippen LogP) is 3.37. The standard InChI is InChI=1S/C18H22FN3O/c1-12(2)14-4-3-5-16(9-14)22-18(20)21-10-13-6-7-17(19)15(8-13)11-23/h3-9,12,23H,10-11H2,1-2H3,(H3,20,21,22). The molecule has 2 rings (SSSR count). The molecule has 4 nitrogen and oxygen atoms in total. The van der Waals surface area contributed by atoms with E-state index in [1.807, 2.05) is 18.2 Å². The lowest BCUT2D eigenvalue weighted by atomic mass is 10.0. The Bertz CT molecular complexity index is 698. The van der Waals surface area contributed by atoms with Crippen LogP contribution in [0.25, 0.3) is 0 Å². The smallest absolute Gasteiger partial charge is 0.193 e. The number of aliphatic hydroxyl groups is 1. The van der Waals surface area contributed by atoms with E-state index in [1.165, 1.54) is 11.6 Å². The summed E-state index contributed by atoms with van der Waals surface area (Å²) >= 11 is 0. The maximum Gasteiger partial charge on any atom is 0.193 e. The molecule has 0 aliphatic rings. The molecule has 0 saturated heterocycles. The minimum Gasteiger partial charge on any atom is -0.392 e. The molecule has 2 aromatic carbocycles. The van der Waals surface area contributed by atoms with Crippen LogP contribution in [-0.4, -0.2) is 11.1 Å². The Morgan fingerprint density at radius 1 is 1.26 bits per heavy atom. The molecular weight excluding hydrogens is 293 g/mol. The molecule has 122 valence electrons. The van der Waals surface area contributed by atoms with Gasteiger partial charge in [-0.25, -0.2) is 9.38 Å². The molecule has 0 aliphatic carbocycles. The fraction of sp³-hybridized carbons (Fsp3) is 0.278. The molecule has 0 amide bonds. The summed E-state index contributed by atoms with van der Waals surface area (Å²) in [5.41, 5.74) is 9.04. The van der Waals surface area contributed by atoms with Crippen LogP contribution < -0.4 is 11.1 Å². The molecule has 0 saturated carbocycles. The number of nitrogens with two attached hydrogens (primary N) is 1. The van der Waals surface area contributed by atoms with Crippen LogP contribution in [-0.2, 0) is 13.2 Å². The number of benzene rings is 2. The topological polar surface area (TPSA) is 70.6 Å². The van der Waals surface area contributed by atoms with Crippen molar-refractivity contribution < 1.29 is 9.50 Å². The summed E-state index contributed by atoms with van der Waals surface area (Å²) in [6.07, 6.45) is 0. The zero-order valence-electron chi connectivity index (χ0n) is 13.4. The van der Waals surface area contributed by atoms with Gasteiger partial charge in [-0.2, -0.15) is 0 Å². The van der Waals surface area contributed by atoms with Crippen molar-refractivity contribution in [3.05, 3.63) is 65.0 Å². The Balaban J connectivity index is 2.04. The van der Waals surface area contributed by atoms with Crippen LogP contribution in [0, 0.1) is 5.82 Å². The third kappa shape index (κ3) is 4.79. The van der Waals surface area contributed by atoms with E-state index in [-0.39, 0.29) is 12.2 Å². The van der Waals surface area contributed by atoms with Crippen LogP contribution >= 0.6 is 0 Å². The third-order valence-electron chi connectivity index (χ3n) is 3.54. The van der Waals surface area contributed by atoms with E-state index >= 15 is 0 Å². The van der Waals surface area contributed by atoms with E-state index in [0.29, 0.717) is 18.4 Å². The molecule has 0 heterocycles. The van der Waals surface area contributed by atoms with Crippen LogP contribution in [0.4, 0.5) is 10.1 Å². The number of aliphatic imine (C=N–C) groups is 1. The molecule has 2 aromatic rings. The van der Waals surface area contributed by atoms with Crippen molar-refractivity contribution in [2.45, 2.75) is 32.9 Å². The van der Waals surface area contributed by atoms with E-state index in [4.69, 9.17) is 10.8 Å². The second kappa shape index (κ2) is 7.74. The maximum atomic E-state index is 13.3.